The number of nitrogens with one attached hydrogen (secondary N) is 2. The first-order valence-corrected chi connectivity index (χ1v) is 10.1. The average Bonchev–Trinajstić information content (AvgIpc) is 3.17. The van der Waals surface area contributed by atoms with Gasteiger partial charge in [-0.3, -0.25) is 0 Å². The summed E-state index contributed by atoms with van der Waals surface area (Å²) in [5.74, 6) is 0.759. The Labute approximate surface area is 174 Å². The summed E-state index contributed by atoms with van der Waals surface area (Å²) in [4.78, 5) is 14.5. The van der Waals surface area contributed by atoms with E-state index in [1.165, 1.54) is 11.6 Å². The maximum absolute atomic E-state index is 11.2. The fourth-order valence-corrected chi connectivity index (χ4v) is 3.53. The highest BCUT2D eigenvalue weighted by molar-refractivity contribution is 5.84. The molecule has 2 aromatic carbocycles. The summed E-state index contributed by atoms with van der Waals surface area (Å²) < 4.78 is 10.9. The summed E-state index contributed by atoms with van der Waals surface area (Å²) >= 11 is 0. The Kier molecular flexibility index (Phi) is 6.11. The van der Waals surface area contributed by atoms with Crippen molar-refractivity contribution in [2.45, 2.75) is 19.3 Å². The van der Waals surface area contributed by atoms with Crippen LogP contribution in [0.2, 0.25) is 0 Å². The van der Waals surface area contributed by atoms with Crippen LogP contribution in [-0.2, 0) is 6.42 Å². The van der Waals surface area contributed by atoms with Gasteiger partial charge in [-0.1, -0.05) is 0 Å². The van der Waals surface area contributed by atoms with Gasteiger partial charge in [0.05, 0.1) is 11.6 Å². The van der Waals surface area contributed by atoms with Crippen molar-refractivity contribution in [1.29, 1.82) is 5.26 Å². The van der Waals surface area contributed by atoms with Crippen LogP contribution in [-0.4, -0.2) is 24.7 Å². The molecule has 0 saturated heterocycles. The third kappa shape index (κ3) is 4.70. The largest absolute Gasteiger partial charge is 0.492 e. The third-order valence-electron chi connectivity index (χ3n) is 5.08. The van der Waals surface area contributed by atoms with Crippen molar-refractivity contribution in [1.82, 2.24) is 10.3 Å². The molecule has 0 aliphatic heterocycles. The smallest absolute Gasteiger partial charge is 0.336 e. The molecule has 0 unspecified atom stereocenters. The maximum atomic E-state index is 11.2. The standard InChI is InChI=1S/C24H23N3O3/c25-15-17-4-7-22-21(13-17)19(16-27-22)3-1-2-10-26-11-12-29-20-6-8-23-18(14-20)5-9-24(28)30-23/h4-9,13-14,16,26-27H,1-3,10-12H2. The van der Waals surface area contributed by atoms with Crippen molar-refractivity contribution in [2.24, 2.45) is 0 Å². The van der Waals surface area contributed by atoms with Gasteiger partial charge < -0.3 is 19.5 Å². The molecule has 30 heavy (non-hydrogen) atoms. The normalized spacial score (nSPS) is 11.0. The van der Waals surface area contributed by atoms with Crippen LogP contribution < -0.4 is 15.7 Å². The monoisotopic (exact) mass is 401 g/mol. The third-order valence-corrected chi connectivity index (χ3v) is 5.08. The molecule has 0 saturated carbocycles. The van der Waals surface area contributed by atoms with Crippen LogP contribution in [0.1, 0.15) is 24.0 Å². The molecular formula is C24H23N3O3. The zero-order valence-corrected chi connectivity index (χ0v) is 16.6. The summed E-state index contributed by atoms with van der Waals surface area (Å²) in [6.45, 7) is 2.26. The molecule has 2 N–H and O–H groups in total. The summed E-state index contributed by atoms with van der Waals surface area (Å²) in [6.07, 6.45) is 5.18. The van der Waals surface area contributed by atoms with E-state index < -0.39 is 0 Å². The first-order valence-electron chi connectivity index (χ1n) is 10.1. The number of aromatic amines is 1. The quantitative estimate of drug-likeness (QED) is 0.325. The van der Waals surface area contributed by atoms with Crippen molar-refractivity contribution in [2.75, 3.05) is 19.7 Å². The number of H-pyrrole nitrogens is 1. The molecule has 0 radical (unpaired) electrons. The summed E-state index contributed by atoms with van der Waals surface area (Å²) in [5, 5.41) is 14.5. The zero-order valence-electron chi connectivity index (χ0n) is 16.6. The Morgan fingerprint density at radius 3 is 2.90 bits per heavy atom. The number of rotatable bonds is 9. The van der Waals surface area contributed by atoms with Gasteiger partial charge >= 0.3 is 5.63 Å². The van der Waals surface area contributed by atoms with Crippen LogP contribution in [0.25, 0.3) is 21.9 Å². The molecule has 6 heteroatoms. The van der Waals surface area contributed by atoms with Crippen LogP contribution in [0.3, 0.4) is 0 Å². The second-order valence-electron chi connectivity index (χ2n) is 7.20. The topological polar surface area (TPSA) is 91.1 Å². The summed E-state index contributed by atoms with van der Waals surface area (Å²) in [7, 11) is 0. The van der Waals surface area contributed by atoms with Crippen molar-refractivity contribution in [3.8, 4) is 11.8 Å². The number of hydrogen-bond donors (Lipinski definition) is 2. The van der Waals surface area contributed by atoms with Gasteiger partial charge in [-0.25, -0.2) is 4.79 Å². The molecule has 0 atom stereocenters. The van der Waals surface area contributed by atoms with Gasteiger partial charge in [0, 0.05) is 35.1 Å². The first-order chi connectivity index (χ1) is 14.7. The molecule has 0 aliphatic carbocycles. The molecule has 0 amide bonds. The van der Waals surface area contributed by atoms with Crippen molar-refractivity contribution in [3.05, 3.63) is 76.3 Å². The van der Waals surface area contributed by atoms with E-state index in [1.807, 2.05) is 36.5 Å². The van der Waals surface area contributed by atoms with E-state index in [0.29, 0.717) is 17.8 Å². The minimum atomic E-state index is -0.350. The predicted molar refractivity (Wildman–Crippen MR) is 117 cm³/mol. The van der Waals surface area contributed by atoms with Crippen LogP contribution in [0.15, 0.2) is 63.9 Å². The number of nitrogens with zero attached hydrogens (tertiary/aromatic N) is 1. The highest BCUT2D eigenvalue weighted by Gasteiger charge is 2.05. The second-order valence-corrected chi connectivity index (χ2v) is 7.20. The minimum Gasteiger partial charge on any atom is -0.492 e. The molecule has 2 heterocycles. The van der Waals surface area contributed by atoms with Gasteiger partial charge in [0.15, 0.2) is 0 Å². The van der Waals surface area contributed by atoms with E-state index in [9.17, 15) is 4.79 Å². The SMILES string of the molecule is N#Cc1ccc2[nH]cc(CCCCNCCOc3ccc4oc(=O)ccc4c3)c2c1. The fourth-order valence-electron chi connectivity index (χ4n) is 3.53. The lowest BCUT2D eigenvalue weighted by molar-refractivity contribution is 0.314. The van der Waals surface area contributed by atoms with E-state index in [0.717, 1.165) is 54.4 Å². The molecule has 0 fully saturated rings. The van der Waals surface area contributed by atoms with Crippen LogP contribution in [0.5, 0.6) is 5.75 Å². The number of aryl methyl sites for hydroxylation is 1. The second kappa shape index (κ2) is 9.29. The molecule has 4 aromatic rings. The number of hydrogen-bond acceptors (Lipinski definition) is 5. The lowest BCUT2D eigenvalue weighted by Gasteiger charge is -2.08. The molecule has 4 rings (SSSR count). The average molecular weight is 401 g/mol. The number of aromatic nitrogens is 1. The Morgan fingerprint density at radius 2 is 2.00 bits per heavy atom. The number of benzene rings is 2. The first kappa shape index (κ1) is 19.7. The molecule has 0 aliphatic rings. The van der Waals surface area contributed by atoms with Gasteiger partial charge in [-0.15, -0.1) is 0 Å². The molecular weight excluding hydrogens is 378 g/mol. The zero-order chi connectivity index (χ0) is 20.8. The maximum Gasteiger partial charge on any atom is 0.336 e. The van der Waals surface area contributed by atoms with Gasteiger partial charge in [-0.2, -0.15) is 5.26 Å². The van der Waals surface area contributed by atoms with Gasteiger partial charge in [0.1, 0.15) is 17.9 Å². The summed E-state index contributed by atoms with van der Waals surface area (Å²) in [5.41, 5.74) is 3.25. The van der Waals surface area contributed by atoms with E-state index in [-0.39, 0.29) is 5.63 Å². The molecule has 2 aromatic heterocycles. The van der Waals surface area contributed by atoms with Gasteiger partial charge in [0.25, 0.3) is 0 Å². The fraction of sp³-hybridized carbons (Fsp3) is 0.250. The van der Waals surface area contributed by atoms with E-state index in [2.05, 4.69) is 16.4 Å². The Balaban J connectivity index is 1.15. The molecule has 6 nitrogen and oxygen atoms in total. The number of fused-ring (bicyclic) bond motifs is 2. The Morgan fingerprint density at radius 1 is 1.07 bits per heavy atom. The van der Waals surface area contributed by atoms with Crippen LogP contribution in [0.4, 0.5) is 0 Å². The van der Waals surface area contributed by atoms with Crippen molar-refractivity contribution in [3.63, 3.8) is 0 Å². The lowest BCUT2D eigenvalue weighted by atomic mass is 10.1. The Bertz CT molecular complexity index is 1250. The van der Waals surface area contributed by atoms with Gasteiger partial charge in [0.2, 0.25) is 0 Å². The minimum absolute atomic E-state index is 0.350. The molecule has 152 valence electrons. The van der Waals surface area contributed by atoms with E-state index in [4.69, 9.17) is 14.4 Å². The van der Waals surface area contributed by atoms with E-state index >= 15 is 0 Å². The van der Waals surface area contributed by atoms with Crippen molar-refractivity contribution >= 4 is 21.9 Å². The van der Waals surface area contributed by atoms with Crippen molar-refractivity contribution < 1.29 is 9.15 Å². The lowest BCUT2D eigenvalue weighted by Crippen LogP contribution is -2.22. The number of ether oxygens (including phenoxy) is 1. The predicted octanol–water partition coefficient (Wildman–Crippen LogP) is 4.14. The molecule has 0 spiro atoms. The van der Waals surface area contributed by atoms with Gasteiger partial charge in [-0.05, 0) is 73.8 Å². The van der Waals surface area contributed by atoms with E-state index in [1.54, 1.807) is 12.1 Å². The van der Waals surface area contributed by atoms with Crippen LogP contribution in [0, 0.1) is 11.3 Å². The number of nitriles is 1. The Hall–Kier alpha value is -3.56. The van der Waals surface area contributed by atoms with Crippen LogP contribution >= 0.6 is 0 Å². The highest BCUT2D eigenvalue weighted by Crippen LogP contribution is 2.21. The summed E-state index contributed by atoms with van der Waals surface area (Å²) in [6, 6.07) is 16.5. The highest BCUT2D eigenvalue weighted by atomic mass is 16.5. The number of unbranched alkanes of at least 4 members (excludes halogenated alkanes) is 1. The molecule has 0 bridgehead atoms.